The van der Waals surface area contributed by atoms with Crippen molar-refractivity contribution in [3.05, 3.63) is 29.8 Å². The van der Waals surface area contributed by atoms with Gasteiger partial charge in [-0.1, -0.05) is 43.9 Å². The molecular formula is C15H23NO3. The molecule has 0 aliphatic rings. The molecule has 0 bridgehead atoms. The zero-order chi connectivity index (χ0) is 13.9. The number of nitrogens with two attached hydrogens (primary N) is 1. The van der Waals surface area contributed by atoms with Crippen molar-refractivity contribution in [2.45, 2.75) is 44.9 Å². The molecule has 0 atom stereocenters. The highest BCUT2D eigenvalue weighted by molar-refractivity contribution is 5.56. The molecule has 0 radical (unpaired) electrons. The van der Waals surface area contributed by atoms with Gasteiger partial charge in [-0.25, -0.2) is 4.79 Å². The smallest absolute Gasteiger partial charge is 0.450 e. The molecule has 106 valence electrons. The van der Waals surface area contributed by atoms with Crippen molar-refractivity contribution >= 4 is 11.8 Å². The third-order valence-corrected chi connectivity index (χ3v) is 3.12. The predicted molar refractivity (Wildman–Crippen MR) is 76.2 cm³/mol. The van der Waals surface area contributed by atoms with Crippen molar-refractivity contribution in [2.24, 2.45) is 0 Å². The molecule has 1 aromatic rings. The summed E-state index contributed by atoms with van der Waals surface area (Å²) >= 11 is 0. The lowest BCUT2D eigenvalue weighted by molar-refractivity contribution is 0.0899. The van der Waals surface area contributed by atoms with Gasteiger partial charge in [0.2, 0.25) is 0 Å². The molecule has 0 amide bonds. The molecule has 0 unspecified atom stereocenters. The van der Waals surface area contributed by atoms with Crippen LogP contribution in [0.25, 0.3) is 0 Å². The molecule has 19 heavy (non-hydrogen) atoms. The van der Waals surface area contributed by atoms with Crippen LogP contribution in [-0.2, 0) is 11.2 Å². The Kier molecular flexibility index (Phi) is 7.47. The maximum absolute atomic E-state index is 10.1. The Morgan fingerprint density at radius 2 is 1.68 bits per heavy atom. The summed E-state index contributed by atoms with van der Waals surface area (Å²) in [6.07, 6.45) is 6.36. The number of hydrogen-bond acceptors (Lipinski definition) is 3. The van der Waals surface area contributed by atoms with Crippen molar-refractivity contribution in [1.82, 2.24) is 0 Å². The summed E-state index contributed by atoms with van der Waals surface area (Å²) in [7, 11) is 0. The van der Waals surface area contributed by atoms with Crippen molar-refractivity contribution < 1.29 is 14.6 Å². The van der Waals surface area contributed by atoms with Gasteiger partial charge in [-0.15, -0.1) is 0 Å². The number of aryl methyl sites for hydroxylation is 1. The van der Waals surface area contributed by atoms with Crippen LogP contribution in [0.4, 0.5) is 10.5 Å². The molecule has 0 saturated carbocycles. The minimum Gasteiger partial charge on any atom is -0.450 e. The van der Waals surface area contributed by atoms with Crippen molar-refractivity contribution in [2.75, 3.05) is 12.3 Å². The number of ether oxygens (including phenoxy) is 1. The Morgan fingerprint density at radius 3 is 2.37 bits per heavy atom. The lowest BCUT2D eigenvalue weighted by atomic mass is 10.0. The second-order valence-electron chi connectivity index (χ2n) is 4.68. The molecule has 0 aliphatic carbocycles. The zero-order valence-corrected chi connectivity index (χ0v) is 11.3. The van der Waals surface area contributed by atoms with Gasteiger partial charge in [0.1, 0.15) is 0 Å². The SMILES string of the molecule is Nc1ccccc1CCCCCCCCOC(=O)O. The summed E-state index contributed by atoms with van der Waals surface area (Å²) in [5, 5.41) is 8.28. The second kappa shape index (κ2) is 9.25. The molecule has 0 aliphatic heterocycles. The van der Waals surface area contributed by atoms with E-state index in [1.54, 1.807) is 0 Å². The highest BCUT2D eigenvalue weighted by Crippen LogP contribution is 2.15. The van der Waals surface area contributed by atoms with E-state index in [-0.39, 0.29) is 0 Å². The molecule has 1 aromatic carbocycles. The van der Waals surface area contributed by atoms with Gasteiger partial charge in [0, 0.05) is 5.69 Å². The first-order valence-corrected chi connectivity index (χ1v) is 6.89. The number of anilines is 1. The fourth-order valence-corrected chi connectivity index (χ4v) is 2.05. The maximum atomic E-state index is 10.1. The number of hydrogen-bond donors (Lipinski definition) is 2. The first-order chi connectivity index (χ1) is 9.20. The van der Waals surface area contributed by atoms with E-state index in [0.717, 1.165) is 37.8 Å². The topological polar surface area (TPSA) is 72.5 Å². The third kappa shape index (κ3) is 7.34. The number of nitrogen functional groups attached to an aromatic ring is 1. The average molecular weight is 265 g/mol. The number of rotatable bonds is 9. The van der Waals surface area contributed by atoms with Gasteiger partial charge in [0.25, 0.3) is 0 Å². The standard InChI is InChI=1S/C15H23NO3/c16-14-11-7-6-10-13(14)9-5-3-1-2-4-8-12-19-15(17)18/h6-7,10-11H,1-5,8-9,12,16H2,(H,17,18). The first-order valence-electron chi connectivity index (χ1n) is 6.89. The van der Waals surface area contributed by atoms with Gasteiger partial charge >= 0.3 is 6.16 Å². The van der Waals surface area contributed by atoms with Crippen LogP contribution in [0.15, 0.2) is 24.3 Å². The molecule has 1 rings (SSSR count). The number of benzene rings is 1. The normalized spacial score (nSPS) is 10.3. The van der Waals surface area contributed by atoms with E-state index in [4.69, 9.17) is 10.8 Å². The van der Waals surface area contributed by atoms with Crippen LogP contribution < -0.4 is 5.73 Å². The van der Waals surface area contributed by atoms with E-state index in [2.05, 4.69) is 10.8 Å². The van der Waals surface area contributed by atoms with E-state index in [0.29, 0.717) is 6.61 Å². The highest BCUT2D eigenvalue weighted by atomic mass is 16.7. The maximum Gasteiger partial charge on any atom is 0.505 e. The minimum atomic E-state index is -1.18. The van der Waals surface area contributed by atoms with Crippen LogP contribution in [0, 0.1) is 0 Å². The van der Waals surface area contributed by atoms with E-state index in [1.165, 1.54) is 18.4 Å². The van der Waals surface area contributed by atoms with E-state index >= 15 is 0 Å². The van der Waals surface area contributed by atoms with Crippen molar-refractivity contribution in [1.29, 1.82) is 0 Å². The summed E-state index contributed by atoms with van der Waals surface area (Å²) in [6, 6.07) is 8.00. The van der Waals surface area contributed by atoms with Gasteiger partial charge in [-0.05, 0) is 30.9 Å². The molecule has 0 aromatic heterocycles. The van der Waals surface area contributed by atoms with Crippen molar-refractivity contribution in [3.8, 4) is 0 Å². The number of carboxylic acid groups (broad SMARTS) is 1. The fourth-order valence-electron chi connectivity index (χ4n) is 2.05. The molecule has 0 spiro atoms. The van der Waals surface area contributed by atoms with Gasteiger partial charge in [-0.2, -0.15) is 0 Å². The minimum absolute atomic E-state index is 0.315. The quantitative estimate of drug-likeness (QED) is 0.404. The molecule has 4 nitrogen and oxygen atoms in total. The Morgan fingerprint density at radius 1 is 1.05 bits per heavy atom. The Labute approximate surface area is 114 Å². The lowest BCUT2D eigenvalue weighted by Crippen LogP contribution is -2.01. The average Bonchev–Trinajstić information content (AvgIpc) is 2.38. The number of para-hydroxylation sites is 1. The van der Waals surface area contributed by atoms with Crippen LogP contribution in [0.1, 0.15) is 44.1 Å². The van der Waals surface area contributed by atoms with Gasteiger partial charge in [0.05, 0.1) is 6.61 Å². The van der Waals surface area contributed by atoms with E-state index in [9.17, 15) is 4.79 Å². The molecule has 0 saturated heterocycles. The lowest BCUT2D eigenvalue weighted by Gasteiger charge is -2.05. The number of unbranched alkanes of at least 4 members (excludes halogenated alkanes) is 5. The Hall–Kier alpha value is -1.71. The van der Waals surface area contributed by atoms with Gasteiger partial charge in [-0.3, -0.25) is 0 Å². The van der Waals surface area contributed by atoms with E-state index in [1.807, 2.05) is 18.2 Å². The van der Waals surface area contributed by atoms with Crippen LogP contribution in [0.2, 0.25) is 0 Å². The first kappa shape index (κ1) is 15.3. The largest absolute Gasteiger partial charge is 0.505 e. The summed E-state index contributed by atoms with van der Waals surface area (Å²) in [5.41, 5.74) is 8.00. The van der Waals surface area contributed by atoms with Crippen LogP contribution in [0.5, 0.6) is 0 Å². The Bertz CT molecular complexity index is 379. The van der Waals surface area contributed by atoms with Gasteiger partial charge < -0.3 is 15.6 Å². The zero-order valence-electron chi connectivity index (χ0n) is 11.3. The summed E-state index contributed by atoms with van der Waals surface area (Å²) in [5.74, 6) is 0. The second-order valence-corrected chi connectivity index (χ2v) is 4.68. The van der Waals surface area contributed by atoms with Crippen molar-refractivity contribution in [3.63, 3.8) is 0 Å². The molecule has 3 N–H and O–H groups in total. The Balaban J connectivity index is 1.94. The summed E-state index contributed by atoms with van der Waals surface area (Å²) < 4.78 is 4.44. The molecule has 0 heterocycles. The third-order valence-electron chi connectivity index (χ3n) is 3.12. The van der Waals surface area contributed by atoms with Crippen LogP contribution in [-0.4, -0.2) is 17.9 Å². The van der Waals surface area contributed by atoms with Gasteiger partial charge in [0.15, 0.2) is 0 Å². The van der Waals surface area contributed by atoms with Crippen LogP contribution in [0.3, 0.4) is 0 Å². The molecular weight excluding hydrogens is 242 g/mol. The number of carbonyl (C=O) groups is 1. The summed E-state index contributed by atoms with van der Waals surface area (Å²) in [4.78, 5) is 10.1. The fraction of sp³-hybridized carbons (Fsp3) is 0.533. The predicted octanol–water partition coefficient (Wildman–Crippen LogP) is 3.85. The molecule has 4 heteroatoms. The van der Waals surface area contributed by atoms with Crippen LogP contribution >= 0.6 is 0 Å². The van der Waals surface area contributed by atoms with E-state index < -0.39 is 6.16 Å². The highest BCUT2D eigenvalue weighted by Gasteiger charge is 1.98. The molecule has 0 fully saturated rings. The monoisotopic (exact) mass is 265 g/mol. The summed E-state index contributed by atoms with van der Waals surface area (Å²) in [6.45, 7) is 0.315.